The predicted octanol–water partition coefficient (Wildman–Crippen LogP) is 0.335. The molecular weight excluding hydrogens is 256 g/mol. The van der Waals surface area contributed by atoms with Gasteiger partial charge in [0.15, 0.2) is 17.5 Å². The Morgan fingerprint density at radius 3 is 2.45 bits per heavy atom. The third-order valence-electron chi connectivity index (χ3n) is 3.51. The van der Waals surface area contributed by atoms with E-state index >= 15 is 0 Å². The van der Waals surface area contributed by atoms with Crippen molar-refractivity contribution >= 4 is 5.96 Å². The normalized spacial score (nSPS) is 14.5. The molecule has 0 amide bonds. The highest BCUT2D eigenvalue weighted by Crippen LogP contribution is 2.33. The van der Waals surface area contributed by atoms with Crippen molar-refractivity contribution in [1.29, 1.82) is 0 Å². The van der Waals surface area contributed by atoms with Gasteiger partial charge < -0.3 is 20.9 Å². The highest BCUT2D eigenvalue weighted by molar-refractivity contribution is 5.75. The van der Waals surface area contributed by atoms with Gasteiger partial charge in [0, 0.05) is 19.6 Å². The van der Waals surface area contributed by atoms with E-state index in [0.29, 0.717) is 6.54 Å². The number of aliphatic imine (C=N–C) groups is 1. The van der Waals surface area contributed by atoms with E-state index in [4.69, 9.17) is 20.9 Å². The van der Waals surface area contributed by atoms with E-state index < -0.39 is 0 Å². The minimum Gasteiger partial charge on any atom is -0.493 e. The van der Waals surface area contributed by atoms with Gasteiger partial charge in [-0.2, -0.15) is 0 Å². The number of hydrogen-bond donors (Lipinski definition) is 2. The van der Waals surface area contributed by atoms with E-state index in [1.165, 1.54) is 11.1 Å². The maximum absolute atomic E-state index is 5.35. The summed E-state index contributed by atoms with van der Waals surface area (Å²) in [5.41, 5.74) is 13.3. The molecule has 1 aliphatic rings. The molecule has 1 aliphatic heterocycles. The Labute approximate surface area is 119 Å². The van der Waals surface area contributed by atoms with Crippen molar-refractivity contribution in [3.05, 3.63) is 23.3 Å². The van der Waals surface area contributed by atoms with Crippen molar-refractivity contribution in [1.82, 2.24) is 4.90 Å². The average Bonchev–Trinajstić information content (AvgIpc) is 2.45. The Bertz CT molecular complexity index is 498. The number of nitrogens with zero attached hydrogens (tertiary/aromatic N) is 2. The minimum atomic E-state index is 0.147. The Morgan fingerprint density at radius 2 is 1.85 bits per heavy atom. The van der Waals surface area contributed by atoms with Crippen molar-refractivity contribution < 1.29 is 9.47 Å². The van der Waals surface area contributed by atoms with Gasteiger partial charge >= 0.3 is 0 Å². The zero-order valence-electron chi connectivity index (χ0n) is 12.1. The molecule has 20 heavy (non-hydrogen) atoms. The maximum atomic E-state index is 5.35. The molecule has 0 unspecified atom stereocenters. The molecule has 1 aromatic rings. The standard InChI is InChI=1S/C14H22N4O2/c1-19-12-7-10-3-5-18(6-4-17-14(15)16)9-11(10)8-13(12)20-2/h7-8H,3-6,9H2,1-2H3,(H4,15,16,17). The fraction of sp³-hybridized carbons (Fsp3) is 0.500. The van der Waals surface area contributed by atoms with Crippen molar-refractivity contribution in [2.24, 2.45) is 16.5 Å². The van der Waals surface area contributed by atoms with Gasteiger partial charge in [0.25, 0.3) is 0 Å². The topological polar surface area (TPSA) is 86.1 Å². The second kappa shape index (κ2) is 6.47. The Morgan fingerprint density at radius 1 is 1.20 bits per heavy atom. The summed E-state index contributed by atoms with van der Waals surface area (Å²) < 4.78 is 10.7. The van der Waals surface area contributed by atoms with Crippen LogP contribution < -0.4 is 20.9 Å². The number of fused-ring (bicyclic) bond motifs is 1. The molecular formula is C14H22N4O2. The molecule has 0 spiro atoms. The molecule has 0 aromatic heterocycles. The fourth-order valence-electron chi connectivity index (χ4n) is 2.45. The molecule has 1 heterocycles. The van der Waals surface area contributed by atoms with E-state index in [0.717, 1.165) is 37.6 Å². The summed E-state index contributed by atoms with van der Waals surface area (Å²) in [7, 11) is 3.32. The molecule has 4 N–H and O–H groups in total. The number of guanidine groups is 1. The van der Waals surface area contributed by atoms with Crippen LogP contribution in [0.25, 0.3) is 0 Å². The average molecular weight is 278 g/mol. The summed E-state index contributed by atoms with van der Waals surface area (Å²) in [4.78, 5) is 6.36. The Balaban J connectivity index is 2.07. The van der Waals surface area contributed by atoms with Crippen LogP contribution in [0.5, 0.6) is 11.5 Å². The molecule has 110 valence electrons. The van der Waals surface area contributed by atoms with E-state index in [9.17, 15) is 0 Å². The largest absolute Gasteiger partial charge is 0.493 e. The van der Waals surface area contributed by atoms with Crippen molar-refractivity contribution in [3.8, 4) is 11.5 Å². The van der Waals surface area contributed by atoms with E-state index in [1.54, 1.807) is 14.2 Å². The van der Waals surface area contributed by atoms with Crippen LogP contribution in [0.15, 0.2) is 17.1 Å². The van der Waals surface area contributed by atoms with Crippen molar-refractivity contribution in [2.75, 3.05) is 33.9 Å². The molecule has 6 nitrogen and oxygen atoms in total. The van der Waals surface area contributed by atoms with Crippen LogP contribution in [0.2, 0.25) is 0 Å². The van der Waals surface area contributed by atoms with E-state index in [1.807, 2.05) is 0 Å². The van der Waals surface area contributed by atoms with Crippen molar-refractivity contribution in [3.63, 3.8) is 0 Å². The summed E-state index contributed by atoms with van der Waals surface area (Å²) in [5.74, 6) is 1.71. The minimum absolute atomic E-state index is 0.147. The first-order chi connectivity index (χ1) is 9.63. The first-order valence-electron chi connectivity index (χ1n) is 6.65. The number of rotatable bonds is 5. The second-order valence-electron chi connectivity index (χ2n) is 4.81. The van der Waals surface area contributed by atoms with Gasteiger partial charge in [-0.05, 0) is 29.7 Å². The lowest BCUT2D eigenvalue weighted by Crippen LogP contribution is -2.33. The van der Waals surface area contributed by atoms with Gasteiger partial charge in [-0.25, -0.2) is 0 Å². The lowest BCUT2D eigenvalue weighted by molar-refractivity contribution is 0.260. The van der Waals surface area contributed by atoms with Crippen LogP contribution in [-0.2, 0) is 13.0 Å². The second-order valence-corrected chi connectivity index (χ2v) is 4.81. The SMILES string of the molecule is COc1cc2c(cc1OC)CN(CCN=C(N)N)CC2. The van der Waals surface area contributed by atoms with Gasteiger partial charge in [0.05, 0.1) is 20.8 Å². The first kappa shape index (κ1) is 14.5. The van der Waals surface area contributed by atoms with E-state index in [2.05, 4.69) is 22.0 Å². The Hall–Kier alpha value is -1.95. The van der Waals surface area contributed by atoms with Gasteiger partial charge in [0.2, 0.25) is 0 Å². The number of methoxy groups -OCH3 is 2. The first-order valence-corrected chi connectivity index (χ1v) is 6.65. The molecule has 0 saturated carbocycles. The smallest absolute Gasteiger partial charge is 0.185 e. The van der Waals surface area contributed by atoms with Crippen LogP contribution in [-0.4, -0.2) is 44.7 Å². The number of ether oxygens (including phenoxy) is 2. The number of benzene rings is 1. The molecule has 0 saturated heterocycles. The summed E-state index contributed by atoms with van der Waals surface area (Å²) in [6, 6.07) is 4.13. The van der Waals surface area contributed by atoms with Crippen LogP contribution >= 0.6 is 0 Å². The molecule has 0 radical (unpaired) electrons. The summed E-state index contributed by atoms with van der Waals surface area (Å²) >= 11 is 0. The predicted molar refractivity (Wildman–Crippen MR) is 79.2 cm³/mol. The Kier molecular flexibility index (Phi) is 4.68. The molecule has 0 bridgehead atoms. The fourth-order valence-corrected chi connectivity index (χ4v) is 2.45. The quantitative estimate of drug-likeness (QED) is 0.599. The van der Waals surface area contributed by atoms with Crippen LogP contribution in [0, 0.1) is 0 Å². The molecule has 0 atom stereocenters. The molecule has 2 rings (SSSR count). The lowest BCUT2D eigenvalue weighted by atomic mass is 9.99. The summed E-state index contributed by atoms with van der Waals surface area (Å²) in [6.07, 6.45) is 0.998. The summed E-state index contributed by atoms with van der Waals surface area (Å²) in [5, 5.41) is 0. The highest BCUT2D eigenvalue weighted by Gasteiger charge is 2.18. The van der Waals surface area contributed by atoms with Gasteiger partial charge in [0.1, 0.15) is 0 Å². The van der Waals surface area contributed by atoms with Gasteiger partial charge in [-0.1, -0.05) is 0 Å². The lowest BCUT2D eigenvalue weighted by Gasteiger charge is -2.29. The maximum Gasteiger partial charge on any atom is 0.185 e. The molecule has 0 aliphatic carbocycles. The summed E-state index contributed by atoms with van der Waals surface area (Å²) in [6.45, 7) is 3.37. The number of nitrogens with two attached hydrogens (primary N) is 2. The highest BCUT2D eigenvalue weighted by atomic mass is 16.5. The third kappa shape index (κ3) is 3.33. The van der Waals surface area contributed by atoms with Gasteiger partial charge in [-0.15, -0.1) is 0 Å². The molecule has 6 heteroatoms. The molecule has 0 fully saturated rings. The third-order valence-corrected chi connectivity index (χ3v) is 3.51. The monoisotopic (exact) mass is 278 g/mol. The zero-order chi connectivity index (χ0) is 14.5. The molecule has 1 aromatic carbocycles. The van der Waals surface area contributed by atoms with Gasteiger partial charge in [-0.3, -0.25) is 9.89 Å². The van der Waals surface area contributed by atoms with Crippen LogP contribution in [0.4, 0.5) is 0 Å². The van der Waals surface area contributed by atoms with E-state index in [-0.39, 0.29) is 5.96 Å². The number of hydrogen-bond acceptors (Lipinski definition) is 4. The van der Waals surface area contributed by atoms with Crippen LogP contribution in [0.3, 0.4) is 0 Å². The zero-order valence-corrected chi connectivity index (χ0v) is 12.1. The van der Waals surface area contributed by atoms with Crippen molar-refractivity contribution in [2.45, 2.75) is 13.0 Å². The van der Waals surface area contributed by atoms with Crippen LogP contribution in [0.1, 0.15) is 11.1 Å².